The molecule has 0 bridgehead atoms. The van der Waals surface area contributed by atoms with Crippen molar-refractivity contribution in [3.05, 3.63) is 71.8 Å². The Kier molecular flexibility index (Phi) is 8.11. The molecule has 0 amide bonds. The molecule has 220 valence electrons. The number of hydrogen-bond acceptors (Lipinski definition) is 6. The SMILES string of the molecule is CN(C)CCC1CCn2c(c(C3CCCC[C@@H]3F)c3ccc(C(=O)O)cc32)-c2ccc(OCc3ncccn3)cc2N1. The Bertz CT molecular complexity index is 1570. The van der Waals surface area contributed by atoms with Crippen molar-refractivity contribution in [3.8, 4) is 17.0 Å². The monoisotopic (exact) mass is 571 g/mol. The molecule has 2 N–H and O–H groups in total. The molecular formula is C33H38FN5O3. The third-order valence-corrected chi connectivity index (χ3v) is 8.62. The van der Waals surface area contributed by atoms with Crippen LogP contribution in [-0.2, 0) is 13.2 Å². The van der Waals surface area contributed by atoms with E-state index < -0.39 is 12.1 Å². The van der Waals surface area contributed by atoms with Crippen molar-refractivity contribution in [2.75, 3.05) is 26.0 Å². The van der Waals surface area contributed by atoms with Gasteiger partial charge >= 0.3 is 5.97 Å². The number of ether oxygens (including phenoxy) is 1. The van der Waals surface area contributed by atoms with Crippen LogP contribution in [0.4, 0.5) is 10.1 Å². The van der Waals surface area contributed by atoms with Crippen LogP contribution < -0.4 is 10.1 Å². The fourth-order valence-electron chi connectivity index (χ4n) is 6.52. The molecule has 9 heteroatoms. The zero-order chi connectivity index (χ0) is 29.2. The minimum Gasteiger partial charge on any atom is -0.486 e. The van der Waals surface area contributed by atoms with Gasteiger partial charge in [-0.3, -0.25) is 0 Å². The number of halogens is 1. The topological polar surface area (TPSA) is 92.5 Å². The van der Waals surface area contributed by atoms with E-state index in [2.05, 4.69) is 44.9 Å². The van der Waals surface area contributed by atoms with E-state index in [0.717, 1.165) is 72.1 Å². The van der Waals surface area contributed by atoms with E-state index in [4.69, 9.17) is 4.74 Å². The van der Waals surface area contributed by atoms with Crippen molar-refractivity contribution in [2.45, 2.75) is 69.8 Å². The number of carboxylic acid groups (broad SMARTS) is 1. The molecule has 1 aliphatic carbocycles. The normalized spacial score (nSPS) is 20.3. The number of anilines is 1. The van der Waals surface area contributed by atoms with E-state index in [-0.39, 0.29) is 24.1 Å². The van der Waals surface area contributed by atoms with Gasteiger partial charge in [-0.1, -0.05) is 18.9 Å². The Morgan fingerprint density at radius 3 is 2.69 bits per heavy atom. The van der Waals surface area contributed by atoms with E-state index in [0.29, 0.717) is 24.5 Å². The van der Waals surface area contributed by atoms with Crippen LogP contribution in [-0.4, -0.2) is 63.4 Å². The Hall–Kier alpha value is -3.98. The number of benzene rings is 2. The second-order valence-corrected chi connectivity index (χ2v) is 11.7. The van der Waals surface area contributed by atoms with Crippen molar-refractivity contribution in [3.63, 3.8) is 0 Å². The summed E-state index contributed by atoms with van der Waals surface area (Å²) in [5, 5.41) is 14.6. The molecule has 2 aromatic carbocycles. The Morgan fingerprint density at radius 1 is 1.12 bits per heavy atom. The number of fused-ring (bicyclic) bond motifs is 5. The van der Waals surface area contributed by atoms with Gasteiger partial charge in [-0.2, -0.15) is 0 Å². The standard InChI is InChI=1S/C33H38FN5O3/c1-38(2)16-12-22-13-17-39-29-18-21(33(40)41)8-10-26(29)31(24-6-3-4-7-27(24)34)32(39)25-11-9-23(19-28(25)37-22)42-20-30-35-14-5-15-36-30/h5,8-11,14-15,18-19,22,24,27,37H,3-4,6-7,12-13,16-17,20H2,1-2H3,(H,40,41)/t22?,24?,27-/m0/s1. The highest BCUT2D eigenvalue weighted by Gasteiger charge is 2.34. The van der Waals surface area contributed by atoms with Crippen LogP contribution in [0.2, 0.25) is 0 Å². The number of aromatic carboxylic acids is 1. The molecule has 0 saturated heterocycles. The zero-order valence-corrected chi connectivity index (χ0v) is 24.2. The maximum Gasteiger partial charge on any atom is 0.335 e. The summed E-state index contributed by atoms with van der Waals surface area (Å²) in [6.45, 7) is 1.87. The molecule has 1 saturated carbocycles. The summed E-state index contributed by atoms with van der Waals surface area (Å²) in [5.74, 6) is 0.0928. The molecule has 4 aromatic rings. The summed E-state index contributed by atoms with van der Waals surface area (Å²) in [6, 6.07) is 13.3. The number of rotatable bonds is 8. The summed E-state index contributed by atoms with van der Waals surface area (Å²) in [6.07, 6.45) is 7.45. The molecule has 3 atom stereocenters. The van der Waals surface area contributed by atoms with Gasteiger partial charge in [0, 0.05) is 59.1 Å². The smallest absolute Gasteiger partial charge is 0.335 e. The van der Waals surface area contributed by atoms with Crippen LogP contribution in [0.15, 0.2) is 54.9 Å². The largest absolute Gasteiger partial charge is 0.486 e. The van der Waals surface area contributed by atoms with E-state index >= 15 is 4.39 Å². The van der Waals surface area contributed by atoms with Gasteiger partial charge in [0.25, 0.3) is 0 Å². The lowest BCUT2D eigenvalue weighted by Crippen LogP contribution is -2.29. The predicted molar refractivity (Wildman–Crippen MR) is 162 cm³/mol. The lowest BCUT2D eigenvalue weighted by Gasteiger charge is -2.30. The van der Waals surface area contributed by atoms with E-state index in [9.17, 15) is 9.90 Å². The Balaban J connectivity index is 1.50. The zero-order valence-electron chi connectivity index (χ0n) is 24.2. The summed E-state index contributed by atoms with van der Waals surface area (Å²) in [7, 11) is 4.15. The molecule has 6 rings (SSSR count). The van der Waals surface area contributed by atoms with Crippen LogP contribution in [0.25, 0.3) is 22.2 Å². The third kappa shape index (κ3) is 5.70. The van der Waals surface area contributed by atoms with Crippen molar-refractivity contribution < 1.29 is 19.0 Å². The number of alkyl halides is 1. The van der Waals surface area contributed by atoms with Crippen molar-refractivity contribution in [2.24, 2.45) is 0 Å². The minimum absolute atomic E-state index is 0.180. The predicted octanol–water partition coefficient (Wildman–Crippen LogP) is 6.51. The maximum atomic E-state index is 15.7. The van der Waals surface area contributed by atoms with E-state index in [1.54, 1.807) is 30.6 Å². The molecule has 2 unspecified atom stereocenters. The van der Waals surface area contributed by atoms with Gasteiger partial charge in [0.1, 0.15) is 18.5 Å². The number of aryl methyl sites for hydroxylation is 1. The highest BCUT2D eigenvalue weighted by molar-refractivity contribution is 5.99. The minimum atomic E-state index is -0.962. The van der Waals surface area contributed by atoms with Crippen molar-refractivity contribution >= 4 is 22.6 Å². The van der Waals surface area contributed by atoms with Crippen LogP contribution in [0.1, 0.15) is 66.2 Å². The molecule has 0 radical (unpaired) electrons. The summed E-state index contributed by atoms with van der Waals surface area (Å²) >= 11 is 0. The lowest BCUT2D eigenvalue weighted by atomic mass is 9.80. The quantitative estimate of drug-likeness (QED) is 0.249. The van der Waals surface area contributed by atoms with Gasteiger partial charge in [-0.05, 0) is 82.2 Å². The molecule has 2 aromatic heterocycles. The summed E-state index contributed by atoms with van der Waals surface area (Å²) in [5.41, 5.74) is 4.99. The third-order valence-electron chi connectivity index (χ3n) is 8.62. The molecule has 42 heavy (non-hydrogen) atoms. The van der Waals surface area contributed by atoms with Gasteiger partial charge in [0.2, 0.25) is 0 Å². The Labute approximate surface area is 245 Å². The van der Waals surface area contributed by atoms with E-state index in [1.807, 2.05) is 18.2 Å². The number of carboxylic acids is 1. The molecule has 0 spiro atoms. The van der Waals surface area contributed by atoms with Crippen molar-refractivity contribution in [1.29, 1.82) is 0 Å². The molecule has 3 heterocycles. The summed E-state index contributed by atoms with van der Waals surface area (Å²) < 4.78 is 24.0. The fourth-order valence-corrected chi connectivity index (χ4v) is 6.52. The second-order valence-electron chi connectivity index (χ2n) is 11.7. The molecule has 1 fully saturated rings. The number of aromatic nitrogens is 3. The van der Waals surface area contributed by atoms with Gasteiger partial charge in [0.15, 0.2) is 5.82 Å². The summed E-state index contributed by atoms with van der Waals surface area (Å²) in [4.78, 5) is 22.7. The van der Waals surface area contributed by atoms with Crippen LogP contribution in [0.5, 0.6) is 5.75 Å². The highest BCUT2D eigenvalue weighted by atomic mass is 19.1. The van der Waals surface area contributed by atoms with Crippen LogP contribution in [0.3, 0.4) is 0 Å². The maximum absolute atomic E-state index is 15.7. The first-order valence-electron chi connectivity index (χ1n) is 14.9. The average molecular weight is 572 g/mol. The number of carbonyl (C=O) groups is 1. The van der Waals surface area contributed by atoms with Gasteiger partial charge < -0.3 is 24.6 Å². The number of hydrogen-bond donors (Lipinski definition) is 2. The van der Waals surface area contributed by atoms with E-state index in [1.165, 1.54) is 0 Å². The molecular weight excluding hydrogens is 533 g/mol. The van der Waals surface area contributed by atoms with Gasteiger partial charge in [-0.15, -0.1) is 0 Å². The van der Waals surface area contributed by atoms with Crippen molar-refractivity contribution in [1.82, 2.24) is 19.4 Å². The Morgan fingerprint density at radius 2 is 1.93 bits per heavy atom. The van der Waals surface area contributed by atoms with Crippen LogP contribution in [0, 0.1) is 0 Å². The number of nitrogens with zero attached hydrogens (tertiary/aromatic N) is 4. The second kappa shape index (κ2) is 12.1. The van der Waals surface area contributed by atoms with Gasteiger partial charge in [-0.25, -0.2) is 19.2 Å². The lowest BCUT2D eigenvalue weighted by molar-refractivity contribution is 0.0697. The molecule has 2 aliphatic rings. The fraction of sp³-hybridized carbons (Fsp3) is 0.424. The van der Waals surface area contributed by atoms with Gasteiger partial charge in [0.05, 0.1) is 11.3 Å². The molecule has 8 nitrogen and oxygen atoms in total. The first-order chi connectivity index (χ1) is 20.4. The number of nitrogens with one attached hydrogen (secondary N) is 1. The first kappa shape index (κ1) is 28.2. The highest BCUT2D eigenvalue weighted by Crippen LogP contribution is 2.48. The molecule has 1 aliphatic heterocycles. The first-order valence-corrected chi connectivity index (χ1v) is 14.9. The average Bonchev–Trinajstić information content (AvgIpc) is 3.29. The van der Waals surface area contributed by atoms with Crippen LogP contribution >= 0.6 is 0 Å².